The van der Waals surface area contributed by atoms with Crippen LogP contribution in [0.2, 0.25) is 0 Å². The summed E-state index contributed by atoms with van der Waals surface area (Å²) in [6.07, 6.45) is 0.117. The molecule has 3 aromatic rings. The summed E-state index contributed by atoms with van der Waals surface area (Å²) in [4.78, 5) is 21.0. The molecule has 0 spiro atoms. The van der Waals surface area contributed by atoms with Crippen molar-refractivity contribution in [2.24, 2.45) is 0 Å². The van der Waals surface area contributed by atoms with E-state index in [4.69, 9.17) is 4.55 Å². The van der Waals surface area contributed by atoms with E-state index in [0.717, 1.165) is 0 Å². The Morgan fingerprint density at radius 1 is 0.963 bits per heavy atom. The molecule has 12 heteroatoms. The summed E-state index contributed by atoms with van der Waals surface area (Å²) in [5, 5.41) is 23.0. The predicted octanol–water partition coefficient (Wildman–Crippen LogP) is 0.00530. The second kappa shape index (κ2) is 7.90. The standard InChI is InChI=1S/C15H13N3O7S.Na.H/c19-17(20)10-2-4-14-12(8-10)13-9-11(18(21)22)3-5-15(13)16(14)6-1-7-26(23,24)25;;/h2-5,8-9H,1,6-7H2,(H,23,24,25);;/q;+1;-1. The van der Waals surface area contributed by atoms with Gasteiger partial charge in [-0.05, 0) is 18.6 Å². The number of hydrogen-bond donors (Lipinski definition) is 1. The summed E-state index contributed by atoms with van der Waals surface area (Å²) < 4.78 is 32.5. The molecule has 0 aliphatic rings. The van der Waals surface area contributed by atoms with E-state index in [2.05, 4.69) is 0 Å². The Labute approximate surface area is 176 Å². The Morgan fingerprint density at radius 3 is 1.78 bits per heavy atom. The smallest absolute Gasteiger partial charge is 1.00 e. The maximum absolute atomic E-state index is 11.0. The van der Waals surface area contributed by atoms with Crippen molar-refractivity contribution in [2.45, 2.75) is 13.0 Å². The Bertz CT molecular complexity index is 1090. The molecule has 0 saturated heterocycles. The first-order valence-electron chi connectivity index (χ1n) is 7.47. The number of rotatable bonds is 6. The fraction of sp³-hybridized carbons (Fsp3) is 0.200. The molecule has 0 atom stereocenters. The largest absolute Gasteiger partial charge is 1.00 e. The molecule has 1 heterocycles. The minimum Gasteiger partial charge on any atom is -1.00 e. The molecule has 27 heavy (non-hydrogen) atoms. The van der Waals surface area contributed by atoms with E-state index < -0.39 is 25.7 Å². The summed E-state index contributed by atoms with van der Waals surface area (Å²) in [5.41, 5.74) is 0.866. The third-order valence-electron chi connectivity index (χ3n) is 4.04. The molecule has 10 nitrogen and oxygen atoms in total. The molecule has 0 fully saturated rings. The molecular weight excluding hydrogens is 389 g/mol. The topological polar surface area (TPSA) is 146 Å². The van der Waals surface area contributed by atoms with Gasteiger partial charge in [0.15, 0.2) is 0 Å². The Kier molecular flexibility index (Phi) is 6.22. The van der Waals surface area contributed by atoms with Gasteiger partial charge in [0.2, 0.25) is 0 Å². The summed E-state index contributed by atoms with van der Waals surface area (Å²) in [7, 11) is -4.11. The molecule has 0 amide bonds. The van der Waals surface area contributed by atoms with Gasteiger partial charge in [-0.1, -0.05) is 0 Å². The molecule has 0 bridgehead atoms. The van der Waals surface area contributed by atoms with Crippen molar-refractivity contribution in [1.82, 2.24) is 4.57 Å². The van der Waals surface area contributed by atoms with Gasteiger partial charge in [-0.25, -0.2) is 0 Å². The van der Waals surface area contributed by atoms with Gasteiger partial charge in [0.25, 0.3) is 21.5 Å². The van der Waals surface area contributed by atoms with Gasteiger partial charge in [0.05, 0.1) is 15.6 Å². The molecule has 1 aromatic heterocycles. The first-order valence-corrected chi connectivity index (χ1v) is 9.08. The quantitative estimate of drug-likeness (QED) is 0.264. The summed E-state index contributed by atoms with van der Waals surface area (Å²) in [6.45, 7) is 0.218. The van der Waals surface area contributed by atoms with Crippen molar-refractivity contribution in [3.63, 3.8) is 0 Å². The molecule has 3 rings (SSSR count). The number of nitro groups is 2. The number of fused-ring (bicyclic) bond motifs is 3. The van der Waals surface area contributed by atoms with Gasteiger partial charge in [-0.2, -0.15) is 8.42 Å². The predicted molar refractivity (Wildman–Crippen MR) is 94.9 cm³/mol. The second-order valence-corrected chi connectivity index (χ2v) is 7.28. The monoisotopic (exact) mass is 403 g/mol. The first kappa shape index (κ1) is 21.3. The van der Waals surface area contributed by atoms with Gasteiger partial charge in [-0.15, -0.1) is 0 Å². The molecule has 0 unspecified atom stereocenters. The van der Waals surface area contributed by atoms with Gasteiger partial charge in [0.1, 0.15) is 0 Å². The molecule has 0 aliphatic carbocycles. The van der Waals surface area contributed by atoms with Crippen molar-refractivity contribution in [3.05, 3.63) is 56.6 Å². The fourth-order valence-electron chi connectivity index (χ4n) is 2.95. The summed E-state index contributed by atoms with van der Waals surface area (Å²) in [6, 6.07) is 8.34. The van der Waals surface area contributed by atoms with Crippen LogP contribution in [0.15, 0.2) is 36.4 Å². The van der Waals surface area contributed by atoms with Crippen molar-refractivity contribution >= 4 is 43.3 Å². The molecule has 1 N–H and O–H groups in total. The minimum atomic E-state index is -4.11. The van der Waals surface area contributed by atoms with Crippen LogP contribution in [0.25, 0.3) is 21.8 Å². The number of hydrogen-bond acceptors (Lipinski definition) is 6. The number of nitro benzene ring substituents is 2. The molecule has 0 radical (unpaired) electrons. The zero-order valence-corrected chi connectivity index (χ0v) is 17.0. The number of nitrogens with zero attached hydrogens (tertiary/aromatic N) is 3. The van der Waals surface area contributed by atoms with E-state index in [9.17, 15) is 28.6 Å². The Hall–Kier alpha value is -2.05. The van der Waals surface area contributed by atoms with E-state index in [1.165, 1.54) is 36.4 Å². The van der Waals surface area contributed by atoms with Crippen LogP contribution in [-0.2, 0) is 16.7 Å². The normalized spacial score (nSPS) is 11.4. The minimum absolute atomic E-state index is 0. The molecule has 138 valence electrons. The maximum Gasteiger partial charge on any atom is 1.00 e. The van der Waals surface area contributed by atoms with Crippen LogP contribution < -0.4 is 29.6 Å². The molecule has 0 aliphatic heterocycles. The zero-order chi connectivity index (χ0) is 19.1. The van der Waals surface area contributed by atoms with Crippen LogP contribution in [0.4, 0.5) is 11.4 Å². The third kappa shape index (κ3) is 4.45. The fourth-order valence-corrected chi connectivity index (χ4v) is 3.45. The van der Waals surface area contributed by atoms with Gasteiger partial charge >= 0.3 is 29.6 Å². The molecule has 0 saturated carbocycles. The average Bonchev–Trinajstić information content (AvgIpc) is 2.86. The molecular formula is C15H14N3NaO7S. The second-order valence-electron chi connectivity index (χ2n) is 5.71. The zero-order valence-electron chi connectivity index (χ0n) is 15.2. The summed E-state index contributed by atoms with van der Waals surface area (Å²) >= 11 is 0. The number of non-ortho nitro benzene ring substituents is 2. The number of aromatic nitrogens is 1. The summed E-state index contributed by atoms with van der Waals surface area (Å²) in [5.74, 6) is -0.436. The Balaban J connectivity index is 0.00000196. The van der Waals surface area contributed by atoms with E-state index >= 15 is 0 Å². The average molecular weight is 403 g/mol. The van der Waals surface area contributed by atoms with Gasteiger partial charge in [-0.3, -0.25) is 24.8 Å². The van der Waals surface area contributed by atoms with Crippen LogP contribution >= 0.6 is 0 Å². The van der Waals surface area contributed by atoms with Crippen molar-refractivity contribution < 1.29 is 53.8 Å². The number of aryl methyl sites for hydroxylation is 1. The van der Waals surface area contributed by atoms with Gasteiger partial charge in [0, 0.05) is 52.6 Å². The van der Waals surface area contributed by atoms with Crippen LogP contribution in [0.3, 0.4) is 0 Å². The van der Waals surface area contributed by atoms with E-state index in [1.807, 2.05) is 0 Å². The third-order valence-corrected chi connectivity index (χ3v) is 4.84. The van der Waals surface area contributed by atoms with Crippen molar-refractivity contribution in [2.75, 3.05) is 5.75 Å². The Morgan fingerprint density at radius 2 is 1.41 bits per heavy atom. The van der Waals surface area contributed by atoms with Crippen molar-refractivity contribution in [3.8, 4) is 0 Å². The SMILES string of the molecule is O=[N+]([O-])c1ccc2c(c1)c1cc([N+](=O)[O-])ccc1n2CCCS(=O)(=O)O.[H-].[Na+]. The maximum atomic E-state index is 11.0. The van der Waals surface area contributed by atoms with Gasteiger partial charge < -0.3 is 5.99 Å². The van der Waals surface area contributed by atoms with E-state index in [1.54, 1.807) is 4.57 Å². The van der Waals surface area contributed by atoms with Crippen LogP contribution in [0.1, 0.15) is 7.85 Å². The van der Waals surface area contributed by atoms with Crippen LogP contribution in [-0.4, -0.2) is 33.1 Å². The van der Waals surface area contributed by atoms with Crippen LogP contribution in [0.5, 0.6) is 0 Å². The van der Waals surface area contributed by atoms with Crippen LogP contribution in [0, 0.1) is 20.2 Å². The van der Waals surface area contributed by atoms with E-state index in [0.29, 0.717) is 21.8 Å². The number of benzene rings is 2. The van der Waals surface area contributed by atoms with Crippen molar-refractivity contribution in [1.29, 1.82) is 0 Å². The molecule has 2 aromatic carbocycles. The van der Waals surface area contributed by atoms with E-state index in [-0.39, 0.29) is 55.3 Å². The first-order chi connectivity index (χ1) is 12.2.